The monoisotopic (exact) mass is 398 g/mol. The minimum absolute atomic E-state index is 0.0305. The summed E-state index contributed by atoms with van der Waals surface area (Å²) in [5.74, 6) is -0.778. The number of hydrogen-bond donors (Lipinski definition) is 1. The highest BCUT2D eigenvalue weighted by Gasteiger charge is 2.32. The summed E-state index contributed by atoms with van der Waals surface area (Å²) in [4.78, 5) is 34.7. The Morgan fingerprint density at radius 3 is 2.24 bits per heavy atom. The molecule has 1 aromatic heterocycles. The van der Waals surface area contributed by atoms with Crippen LogP contribution in [0.3, 0.4) is 0 Å². The molecule has 0 saturated heterocycles. The largest absolute Gasteiger partial charge is 0.466 e. The molecule has 0 fully saturated rings. The van der Waals surface area contributed by atoms with E-state index < -0.39 is 11.9 Å². The highest BCUT2D eigenvalue weighted by atomic mass is 16.5. The van der Waals surface area contributed by atoms with E-state index in [0.717, 1.165) is 17.1 Å². The van der Waals surface area contributed by atoms with Gasteiger partial charge in [-0.25, -0.2) is 19.6 Å². The number of esters is 2. The number of hydrogen-bond acceptors (Lipinski definition) is 9. The molecule has 1 aliphatic heterocycles. The Kier molecular flexibility index (Phi) is 6.08. The Hall–Kier alpha value is -3.46. The van der Waals surface area contributed by atoms with E-state index in [-0.39, 0.29) is 24.6 Å². The predicted octanol–water partition coefficient (Wildman–Crippen LogP) is 2.23. The van der Waals surface area contributed by atoms with Gasteiger partial charge in [-0.2, -0.15) is 0 Å². The third kappa shape index (κ3) is 4.52. The molecule has 0 bridgehead atoms. The predicted molar refractivity (Wildman–Crippen MR) is 106 cm³/mol. The number of ether oxygens (including phenoxy) is 3. The fourth-order valence-electron chi connectivity index (χ4n) is 2.98. The van der Waals surface area contributed by atoms with Gasteiger partial charge in [0.1, 0.15) is 12.4 Å². The first-order chi connectivity index (χ1) is 13.9. The van der Waals surface area contributed by atoms with Gasteiger partial charge in [-0.3, -0.25) is 0 Å². The van der Waals surface area contributed by atoms with Gasteiger partial charge in [0.05, 0.1) is 26.4 Å². The van der Waals surface area contributed by atoms with Crippen LogP contribution in [0.1, 0.15) is 11.4 Å². The topological polar surface area (TPSA) is 103 Å². The van der Waals surface area contributed by atoms with Crippen LogP contribution in [-0.2, 0) is 23.8 Å². The van der Waals surface area contributed by atoms with E-state index in [1.165, 1.54) is 14.2 Å². The summed E-state index contributed by atoms with van der Waals surface area (Å²) in [5.41, 5.74) is 3.36. The Bertz CT molecular complexity index is 936. The lowest BCUT2D eigenvalue weighted by atomic mass is 10.1. The van der Waals surface area contributed by atoms with E-state index in [2.05, 4.69) is 15.3 Å². The third-order valence-electron chi connectivity index (χ3n) is 4.25. The number of carbonyl (C=O) groups excluding carboxylic acids is 2. The van der Waals surface area contributed by atoms with Gasteiger partial charge in [-0.15, -0.1) is 0 Å². The van der Waals surface area contributed by atoms with Crippen LogP contribution >= 0.6 is 0 Å². The minimum Gasteiger partial charge on any atom is -0.466 e. The zero-order valence-corrected chi connectivity index (χ0v) is 16.7. The zero-order valence-electron chi connectivity index (χ0n) is 16.7. The SMILES string of the molecule is COC(=O)C1=C(C(=O)OC)N(c2ccc(Nc3nc(C)cc(C)n3)cc2)COC1. The molecule has 1 aromatic carbocycles. The molecule has 1 N–H and O–H groups in total. The maximum atomic E-state index is 12.3. The van der Waals surface area contributed by atoms with Gasteiger partial charge in [-0.1, -0.05) is 0 Å². The molecule has 0 aliphatic carbocycles. The lowest BCUT2D eigenvalue weighted by molar-refractivity contribution is -0.140. The lowest BCUT2D eigenvalue weighted by Gasteiger charge is -2.31. The summed E-state index contributed by atoms with van der Waals surface area (Å²) in [6, 6.07) is 9.11. The van der Waals surface area contributed by atoms with Crippen molar-refractivity contribution in [3.8, 4) is 0 Å². The first-order valence-electron chi connectivity index (χ1n) is 8.87. The number of anilines is 3. The lowest BCUT2D eigenvalue weighted by Crippen LogP contribution is -2.38. The van der Waals surface area contributed by atoms with E-state index in [1.807, 2.05) is 32.0 Å². The summed E-state index contributed by atoms with van der Waals surface area (Å²) >= 11 is 0. The highest BCUT2D eigenvalue weighted by molar-refractivity contribution is 6.03. The van der Waals surface area contributed by atoms with Gasteiger partial charge in [0.25, 0.3) is 0 Å². The fourth-order valence-corrected chi connectivity index (χ4v) is 2.98. The molecular weight excluding hydrogens is 376 g/mol. The van der Waals surface area contributed by atoms with Crippen molar-refractivity contribution in [2.75, 3.05) is 37.8 Å². The normalized spacial score (nSPS) is 13.9. The van der Waals surface area contributed by atoms with E-state index in [1.54, 1.807) is 17.0 Å². The van der Waals surface area contributed by atoms with Crippen molar-refractivity contribution in [3.63, 3.8) is 0 Å². The van der Waals surface area contributed by atoms with Gasteiger partial charge < -0.3 is 24.4 Å². The van der Waals surface area contributed by atoms with Crippen molar-refractivity contribution in [2.24, 2.45) is 0 Å². The molecule has 0 atom stereocenters. The Balaban J connectivity index is 1.89. The molecule has 0 spiro atoms. The van der Waals surface area contributed by atoms with Gasteiger partial charge in [0.2, 0.25) is 5.95 Å². The number of aromatic nitrogens is 2. The van der Waals surface area contributed by atoms with Crippen LogP contribution in [-0.4, -0.2) is 49.5 Å². The van der Waals surface area contributed by atoms with Crippen LogP contribution in [0.5, 0.6) is 0 Å². The van der Waals surface area contributed by atoms with E-state index in [4.69, 9.17) is 14.2 Å². The van der Waals surface area contributed by atoms with Gasteiger partial charge in [0, 0.05) is 22.8 Å². The first-order valence-corrected chi connectivity index (χ1v) is 8.87. The van der Waals surface area contributed by atoms with Crippen LogP contribution in [0.4, 0.5) is 17.3 Å². The first kappa shape index (κ1) is 20.3. The molecule has 3 rings (SSSR count). The molecule has 0 amide bonds. The summed E-state index contributed by atoms with van der Waals surface area (Å²) in [5, 5.41) is 3.15. The van der Waals surface area contributed by atoms with Crippen LogP contribution < -0.4 is 10.2 Å². The molecule has 0 saturated carbocycles. The van der Waals surface area contributed by atoms with Crippen LogP contribution in [0.15, 0.2) is 41.6 Å². The van der Waals surface area contributed by atoms with Crippen molar-refractivity contribution in [1.82, 2.24) is 9.97 Å². The fraction of sp³-hybridized carbons (Fsp3) is 0.300. The van der Waals surface area contributed by atoms with Gasteiger partial charge in [-0.05, 0) is 44.2 Å². The maximum Gasteiger partial charge on any atom is 0.355 e. The number of rotatable bonds is 5. The zero-order chi connectivity index (χ0) is 21.0. The second kappa shape index (κ2) is 8.70. The highest BCUT2D eigenvalue weighted by Crippen LogP contribution is 2.28. The maximum absolute atomic E-state index is 12.3. The van der Waals surface area contributed by atoms with Crippen LogP contribution in [0.2, 0.25) is 0 Å². The van der Waals surface area contributed by atoms with Crippen molar-refractivity contribution in [2.45, 2.75) is 13.8 Å². The molecule has 9 nitrogen and oxygen atoms in total. The Morgan fingerprint density at radius 2 is 1.66 bits per heavy atom. The second-order valence-electron chi connectivity index (χ2n) is 6.36. The number of nitrogens with zero attached hydrogens (tertiary/aromatic N) is 3. The number of methoxy groups -OCH3 is 2. The molecule has 2 heterocycles. The van der Waals surface area contributed by atoms with E-state index in [9.17, 15) is 9.59 Å². The molecule has 2 aromatic rings. The van der Waals surface area contributed by atoms with Gasteiger partial charge in [0.15, 0.2) is 0 Å². The van der Waals surface area contributed by atoms with Crippen molar-refractivity contribution >= 4 is 29.3 Å². The van der Waals surface area contributed by atoms with E-state index in [0.29, 0.717) is 11.6 Å². The summed E-state index contributed by atoms with van der Waals surface area (Å²) in [6.07, 6.45) is 0. The molecule has 1 aliphatic rings. The summed E-state index contributed by atoms with van der Waals surface area (Å²) in [7, 11) is 2.51. The second-order valence-corrected chi connectivity index (χ2v) is 6.36. The molecule has 9 heteroatoms. The van der Waals surface area contributed by atoms with E-state index >= 15 is 0 Å². The van der Waals surface area contributed by atoms with Gasteiger partial charge >= 0.3 is 11.9 Å². The molecular formula is C20H22N4O5. The molecule has 29 heavy (non-hydrogen) atoms. The smallest absolute Gasteiger partial charge is 0.355 e. The number of carbonyl (C=O) groups is 2. The van der Waals surface area contributed by atoms with Crippen molar-refractivity contribution in [3.05, 3.63) is 53.0 Å². The molecule has 152 valence electrons. The minimum atomic E-state index is -0.639. The standard InChI is InChI=1S/C20H22N4O5/c1-12-9-13(2)22-20(21-12)23-14-5-7-15(8-6-14)24-11-29-10-16(18(25)27-3)17(24)19(26)28-4/h5-9H,10-11H2,1-4H3,(H,21,22,23). The average Bonchev–Trinajstić information content (AvgIpc) is 2.72. The van der Waals surface area contributed by atoms with Crippen LogP contribution in [0.25, 0.3) is 0 Å². The van der Waals surface area contributed by atoms with Crippen molar-refractivity contribution < 1.29 is 23.8 Å². The summed E-state index contributed by atoms with van der Waals surface area (Å²) < 4.78 is 15.1. The average molecular weight is 398 g/mol. The number of aryl methyl sites for hydroxylation is 2. The summed E-state index contributed by atoms with van der Waals surface area (Å²) in [6.45, 7) is 3.87. The van der Waals surface area contributed by atoms with Crippen molar-refractivity contribution in [1.29, 1.82) is 0 Å². The molecule has 0 radical (unpaired) electrons. The molecule has 0 unspecified atom stereocenters. The number of benzene rings is 1. The quantitative estimate of drug-likeness (QED) is 0.759. The Morgan fingerprint density at radius 1 is 1.03 bits per heavy atom. The number of nitrogens with one attached hydrogen (secondary N) is 1. The Labute approximate surface area is 168 Å². The van der Waals surface area contributed by atoms with Crippen LogP contribution in [0, 0.1) is 13.8 Å². The third-order valence-corrected chi connectivity index (χ3v) is 4.25.